The Bertz CT molecular complexity index is 1430. The van der Waals surface area contributed by atoms with Crippen LogP contribution < -0.4 is 10.9 Å². The zero-order valence-electron chi connectivity index (χ0n) is 18.8. The van der Waals surface area contributed by atoms with Crippen molar-refractivity contribution in [1.82, 2.24) is 9.55 Å². The van der Waals surface area contributed by atoms with Gasteiger partial charge in [0, 0.05) is 11.8 Å². The van der Waals surface area contributed by atoms with Crippen molar-refractivity contribution in [2.24, 2.45) is 0 Å². The van der Waals surface area contributed by atoms with E-state index in [0.29, 0.717) is 17.2 Å². The van der Waals surface area contributed by atoms with Gasteiger partial charge in [0.25, 0.3) is 5.56 Å². The lowest BCUT2D eigenvalue weighted by molar-refractivity contribution is -0.115. The van der Waals surface area contributed by atoms with Crippen LogP contribution in [0.3, 0.4) is 0 Å². The number of benzene rings is 3. The fourth-order valence-electron chi connectivity index (χ4n) is 3.91. The first-order chi connectivity index (χ1) is 15.6. The lowest BCUT2D eigenvalue weighted by atomic mass is 9.99. The van der Waals surface area contributed by atoms with Crippen LogP contribution in [0.1, 0.15) is 28.1 Å². The third-order valence-corrected chi connectivity index (χ3v) is 5.84. The Morgan fingerprint density at radius 3 is 2.18 bits per heavy atom. The summed E-state index contributed by atoms with van der Waals surface area (Å²) < 4.78 is 28.5. The van der Waals surface area contributed by atoms with Crippen LogP contribution in [0.25, 0.3) is 16.6 Å². The van der Waals surface area contributed by atoms with Gasteiger partial charge >= 0.3 is 0 Å². The normalized spacial score (nSPS) is 11.1. The maximum atomic E-state index is 13.7. The Hall–Kier alpha value is -3.87. The molecule has 0 bridgehead atoms. The molecule has 4 aromatic rings. The van der Waals surface area contributed by atoms with E-state index in [4.69, 9.17) is 0 Å². The summed E-state index contributed by atoms with van der Waals surface area (Å²) in [6, 6.07) is 12.5. The molecule has 168 valence electrons. The number of rotatable bonds is 4. The number of amides is 1. The highest BCUT2D eigenvalue weighted by Gasteiger charge is 2.14. The second-order valence-electron chi connectivity index (χ2n) is 8.21. The summed E-state index contributed by atoms with van der Waals surface area (Å²) in [6.45, 7) is 7.73. The monoisotopic (exact) mass is 447 g/mol. The molecule has 0 fully saturated rings. The zero-order valence-corrected chi connectivity index (χ0v) is 18.8. The Morgan fingerprint density at radius 1 is 0.939 bits per heavy atom. The molecule has 5 nitrogen and oxygen atoms in total. The largest absolute Gasteiger partial charge is 0.326 e. The quantitative estimate of drug-likeness (QED) is 0.475. The van der Waals surface area contributed by atoms with Crippen molar-refractivity contribution in [2.75, 3.05) is 5.32 Å². The van der Waals surface area contributed by atoms with E-state index < -0.39 is 17.2 Å². The van der Waals surface area contributed by atoms with Crippen molar-refractivity contribution in [3.8, 4) is 5.69 Å². The van der Waals surface area contributed by atoms with Crippen LogP contribution in [0.2, 0.25) is 0 Å². The molecule has 0 saturated carbocycles. The van der Waals surface area contributed by atoms with Gasteiger partial charge in [0.1, 0.15) is 5.82 Å². The van der Waals surface area contributed by atoms with Gasteiger partial charge in [-0.25, -0.2) is 13.8 Å². The number of hydrogen-bond donors (Lipinski definition) is 1. The fraction of sp³-hybridized carbons (Fsp3) is 0.192. The molecular formula is C26H23F2N3O2. The molecule has 0 aliphatic rings. The molecule has 0 atom stereocenters. The van der Waals surface area contributed by atoms with Gasteiger partial charge in [-0.2, -0.15) is 0 Å². The van der Waals surface area contributed by atoms with Crippen molar-refractivity contribution in [3.63, 3.8) is 0 Å². The average molecular weight is 447 g/mol. The van der Waals surface area contributed by atoms with Crippen molar-refractivity contribution in [2.45, 2.75) is 34.1 Å². The SMILES string of the molecule is Cc1cc(CC(=O)Nc2ccc(-n3c(C)nc4cc(F)c(F)cc4c3=O)cc2)cc(C)c1C. The third-order valence-electron chi connectivity index (χ3n) is 5.84. The van der Waals surface area contributed by atoms with Crippen molar-refractivity contribution in [1.29, 1.82) is 0 Å². The predicted octanol–water partition coefficient (Wildman–Crippen LogP) is 5.08. The smallest absolute Gasteiger partial charge is 0.266 e. The first-order valence-corrected chi connectivity index (χ1v) is 10.5. The summed E-state index contributed by atoms with van der Waals surface area (Å²) in [5, 5.41) is 2.85. The first kappa shape index (κ1) is 22.3. The van der Waals surface area contributed by atoms with Crippen LogP contribution in [0.15, 0.2) is 53.3 Å². The summed E-state index contributed by atoms with van der Waals surface area (Å²) in [6.07, 6.45) is 0.249. The van der Waals surface area contributed by atoms with Crippen LogP contribution in [-0.4, -0.2) is 15.5 Å². The van der Waals surface area contributed by atoms with Gasteiger partial charge in [0.15, 0.2) is 11.6 Å². The van der Waals surface area contributed by atoms with E-state index in [9.17, 15) is 18.4 Å². The fourth-order valence-corrected chi connectivity index (χ4v) is 3.91. The number of aromatic nitrogens is 2. The summed E-state index contributed by atoms with van der Waals surface area (Å²) in [5.41, 5.74) is 5.13. The van der Waals surface area contributed by atoms with Crippen molar-refractivity contribution < 1.29 is 13.6 Å². The van der Waals surface area contributed by atoms with Gasteiger partial charge in [-0.15, -0.1) is 0 Å². The lowest BCUT2D eigenvalue weighted by Gasteiger charge is -2.13. The minimum atomic E-state index is -1.10. The average Bonchev–Trinajstić information content (AvgIpc) is 2.75. The minimum absolute atomic E-state index is 0.0134. The molecule has 0 aliphatic carbocycles. The Balaban J connectivity index is 1.57. The van der Waals surface area contributed by atoms with E-state index in [1.165, 1.54) is 10.1 Å². The molecule has 0 aliphatic heterocycles. The number of aryl methyl sites for hydroxylation is 3. The molecule has 0 radical (unpaired) electrons. The second-order valence-corrected chi connectivity index (χ2v) is 8.21. The maximum absolute atomic E-state index is 13.7. The maximum Gasteiger partial charge on any atom is 0.266 e. The molecule has 1 heterocycles. The highest BCUT2D eigenvalue weighted by atomic mass is 19.2. The number of carbonyl (C=O) groups excluding carboxylic acids is 1. The Morgan fingerprint density at radius 2 is 1.55 bits per heavy atom. The molecule has 33 heavy (non-hydrogen) atoms. The number of halogens is 2. The van der Waals surface area contributed by atoms with Crippen LogP contribution >= 0.6 is 0 Å². The van der Waals surface area contributed by atoms with E-state index in [-0.39, 0.29) is 23.2 Å². The number of nitrogens with one attached hydrogen (secondary N) is 1. The topological polar surface area (TPSA) is 64.0 Å². The third kappa shape index (κ3) is 4.39. The number of hydrogen-bond acceptors (Lipinski definition) is 3. The molecular weight excluding hydrogens is 424 g/mol. The number of fused-ring (bicyclic) bond motifs is 1. The molecule has 3 aromatic carbocycles. The standard InChI is InChI=1S/C26H23F2N3O2/c1-14-9-18(10-15(2)16(14)3)11-25(32)30-19-5-7-20(8-6-19)31-17(4)29-24-13-23(28)22(27)12-21(24)26(31)33/h5-10,12-13H,11H2,1-4H3,(H,30,32). The van der Waals surface area contributed by atoms with Gasteiger partial charge in [0.05, 0.1) is 23.0 Å². The predicted molar refractivity (Wildman–Crippen MR) is 125 cm³/mol. The summed E-state index contributed by atoms with van der Waals surface area (Å²) in [5.74, 6) is -1.97. The van der Waals surface area contributed by atoms with E-state index in [1.54, 1.807) is 31.2 Å². The molecule has 7 heteroatoms. The summed E-state index contributed by atoms with van der Waals surface area (Å²) >= 11 is 0. The second kappa shape index (κ2) is 8.58. The minimum Gasteiger partial charge on any atom is -0.326 e. The van der Waals surface area contributed by atoms with Crippen molar-refractivity contribution >= 4 is 22.5 Å². The summed E-state index contributed by atoms with van der Waals surface area (Å²) in [7, 11) is 0. The van der Waals surface area contributed by atoms with Crippen molar-refractivity contribution in [3.05, 3.63) is 98.6 Å². The number of nitrogens with zero attached hydrogens (tertiary/aromatic N) is 2. The van der Waals surface area contributed by atoms with Crippen LogP contribution in [0.5, 0.6) is 0 Å². The van der Waals surface area contributed by atoms with Crippen LogP contribution in [0, 0.1) is 39.3 Å². The lowest BCUT2D eigenvalue weighted by Crippen LogP contribution is -2.22. The van der Waals surface area contributed by atoms with Crippen LogP contribution in [-0.2, 0) is 11.2 Å². The summed E-state index contributed by atoms with van der Waals surface area (Å²) in [4.78, 5) is 29.7. The molecule has 1 amide bonds. The molecule has 4 rings (SSSR count). The van der Waals surface area contributed by atoms with Gasteiger partial charge < -0.3 is 5.32 Å². The number of anilines is 1. The molecule has 1 aromatic heterocycles. The van der Waals surface area contributed by atoms with E-state index in [1.807, 2.05) is 26.0 Å². The molecule has 0 saturated heterocycles. The Labute approximate surface area is 189 Å². The molecule has 0 unspecified atom stereocenters. The van der Waals surface area contributed by atoms with Crippen LogP contribution in [0.4, 0.5) is 14.5 Å². The zero-order chi connectivity index (χ0) is 23.9. The Kier molecular flexibility index (Phi) is 5.80. The van der Waals surface area contributed by atoms with E-state index in [2.05, 4.69) is 17.2 Å². The first-order valence-electron chi connectivity index (χ1n) is 10.5. The van der Waals surface area contributed by atoms with Gasteiger partial charge in [-0.3, -0.25) is 14.2 Å². The van der Waals surface area contributed by atoms with Gasteiger partial charge in [-0.1, -0.05) is 12.1 Å². The molecule has 0 spiro atoms. The van der Waals surface area contributed by atoms with E-state index >= 15 is 0 Å². The highest BCUT2D eigenvalue weighted by Crippen LogP contribution is 2.19. The van der Waals surface area contributed by atoms with Gasteiger partial charge in [0.2, 0.25) is 5.91 Å². The molecule has 1 N–H and O–H groups in total. The van der Waals surface area contributed by atoms with Gasteiger partial charge in [-0.05, 0) is 80.3 Å². The highest BCUT2D eigenvalue weighted by molar-refractivity contribution is 5.92. The number of carbonyl (C=O) groups is 1. The van der Waals surface area contributed by atoms with E-state index in [0.717, 1.165) is 28.8 Å².